The van der Waals surface area contributed by atoms with Gasteiger partial charge in [0.2, 0.25) is 5.78 Å². The fourth-order valence-electron chi connectivity index (χ4n) is 1.67. The number of ketones is 2. The molecule has 0 atom stereocenters. The molecule has 0 saturated heterocycles. The number of rotatable bonds is 4. The monoisotopic (exact) mass is 232 g/mol. The van der Waals surface area contributed by atoms with Gasteiger partial charge in [-0.25, -0.2) is 0 Å². The van der Waals surface area contributed by atoms with Gasteiger partial charge in [0, 0.05) is 0 Å². The number of carbonyl (C=O) groups excluding carboxylic acids is 2. The highest BCUT2D eigenvalue weighted by atomic mass is 16.3. The molecule has 4 heteroatoms. The summed E-state index contributed by atoms with van der Waals surface area (Å²) in [5, 5.41) is 0. The highest BCUT2D eigenvalue weighted by Crippen LogP contribution is 2.17. The van der Waals surface area contributed by atoms with Crippen molar-refractivity contribution in [1.82, 2.24) is 0 Å². The summed E-state index contributed by atoms with van der Waals surface area (Å²) < 4.78 is 10.2. The molecule has 2 rings (SSSR count). The summed E-state index contributed by atoms with van der Waals surface area (Å²) in [5.74, 6) is 0.839. The zero-order chi connectivity index (χ0) is 12.4. The maximum Gasteiger partial charge on any atom is 0.205 e. The maximum absolute atomic E-state index is 11.9. The summed E-state index contributed by atoms with van der Waals surface area (Å²) >= 11 is 0. The van der Waals surface area contributed by atoms with Gasteiger partial charge in [-0.3, -0.25) is 9.59 Å². The highest BCUT2D eigenvalue weighted by molar-refractivity contribution is 6.12. The van der Waals surface area contributed by atoms with Crippen molar-refractivity contribution >= 4 is 11.6 Å². The fourth-order valence-corrected chi connectivity index (χ4v) is 1.67. The molecule has 0 aliphatic rings. The van der Waals surface area contributed by atoms with Crippen LogP contribution in [0.2, 0.25) is 0 Å². The molecule has 0 N–H and O–H groups in total. The lowest BCUT2D eigenvalue weighted by molar-refractivity contribution is 0.0877. The van der Waals surface area contributed by atoms with Gasteiger partial charge in [0.25, 0.3) is 0 Å². The van der Waals surface area contributed by atoms with E-state index < -0.39 is 0 Å². The number of aryl methyl sites for hydroxylation is 2. The average molecular weight is 232 g/mol. The zero-order valence-corrected chi connectivity index (χ0v) is 9.65. The van der Waals surface area contributed by atoms with Crippen LogP contribution in [0.25, 0.3) is 0 Å². The summed E-state index contributed by atoms with van der Waals surface area (Å²) in [6.07, 6.45) is 1.21. The lowest BCUT2D eigenvalue weighted by Gasteiger charge is -1.96. The Morgan fingerprint density at radius 3 is 2.53 bits per heavy atom. The second-order valence-corrected chi connectivity index (χ2v) is 3.83. The minimum Gasteiger partial charge on any atom is -0.466 e. The first-order valence-electron chi connectivity index (χ1n) is 5.25. The Hall–Kier alpha value is -2.10. The van der Waals surface area contributed by atoms with E-state index in [0.717, 1.165) is 0 Å². The predicted molar refractivity (Wildman–Crippen MR) is 60.2 cm³/mol. The van der Waals surface area contributed by atoms with E-state index in [1.807, 2.05) is 0 Å². The van der Waals surface area contributed by atoms with Gasteiger partial charge in [-0.15, -0.1) is 0 Å². The quantitative estimate of drug-likeness (QED) is 0.600. The molecule has 17 heavy (non-hydrogen) atoms. The topological polar surface area (TPSA) is 60.4 Å². The third kappa shape index (κ3) is 2.36. The Morgan fingerprint density at radius 2 is 2.00 bits per heavy atom. The minimum absolute atomic E-state index is 0.201. The normalized spacial score (nSPS) is 10.5. The van der Waals surface area contributed by atoms with Crippen LogP contribution in [-0.2, 0) is 0 Å². The molecule has 88 valence electrons. The van der Waals surface area contributed by atoms with Crippen molar-refractivity contribution in [2.24, 2.45) is 0 Å². The standard InChI is InChI=1S/C13H12O4/c1-8-6-10(9(2)17-8)11(14)7-12(15)13-4-3-5-16-13/h3-6H,7H2,1-2H3. The van der Waals surface area contributed by atoms with Crippen molar-refractivity contribution in [2.75, 3.05) is 0 Å². The molecule has 0 amide bonds. The average Bonchev–Trinajstić information content (AvgIpc) is 2.87. The molecular weight excluding hydrogens is 220 g/mol. The van der Waals surface area contributed by atoms with E-state index in [-0.39, 0.29) is 23.7 Å². The van der Waals surface area contributed by atoms with Crippen LogP contribution in [0.4, 0.5) is 0 Å². The van der Waals surface area contributed by atoms with Gasteiger partial charge in [0.1, 0.15) is 11.5 Å². The largest absolute Gasteiger partial charge is 0.466 e. The highest BCUT2D eigenvalue weighted by Gasteiger charge is 2.19. The molecule has 2 aromatic heterocycles. The van der Waals surface area contributed by atoms with Crippen LogP contribution in [0.3, 0.4) is 0 Å². The maximum atomic E-state index is 11.9. The summed E-state index contributed by atoms with van der Waals surface area (Å²) in [6.45, 7) is 3.47. The summed E-state index contributed by atoms with van der Waals surface area (Å²) in [5.41, 5.74) is 0.461. The van der Waals surface area contributed by atoms with E-state index in [2.05, 4.69) is 0 Å². The summed E-state index contributed by atoms with van der Waals surface area (Å²) in [4.78, 5) is 23.5. The Labute approximate surface area is 98.2 Å². The lowest BCUT2D eigenvalue weighted by Crippen LogP contribution is -2.08. The predicted octanol–water partition coefficient (Wildman–Crippen LogP) is 2.95. The van der Waals surface area contributed by atoms with Crippen LogP contribution in [0.1, 0.15) is 38.9 Å². The van der Waals surface area contributed by atoms with Crippen LogP contribution < -0.4 is 0 Å². The number of hydrogen-bond acceptors (Lipinski definition) is 4. The van der Waals surface area contributed by atoms with Crippen molar-refractivity contribution in [1.29, 1.82) is 0 Å². The Morgan fingerprint density at radius 1 is 1.24 bits per heavy atom. The van der Waals surface area contributed by atoms with Gasteiger partial charge in [-0.1, -0.05) is 0 Å². The van der Waals surface area contributed by atoms with E-state index in [4.69, 9.17) is 8.83 Å². The van der Waals surface area contributed by atoms with Gasteiger partial charge in [0.15, 0.2) is 11.5 Å². The van der Waals surface area contributed by atoms with E-state index in [0.29, 0.717) is 17.1 Å². The number of furan rings is 2. The van der Waals surface area contributed by atoms with Crippen molar-refractivity contribution in [3.05, 3.63) is 47.3 Å². The molecule has 0 aliphatic heterocycles. The number of carbonyl (C=O) groups is 2. The first-order valence-corrected chi connectivity index (χ1v) is 5.25. The van der Waals surface area contributed by atoms with Crippen LogP contribution in [0.5, 0.6) is 0 Å². The first-order chi connectivity index (χ1) is 8.08. The van der Waals surface area contributed by atoms with Crippen molar-refractivity contribution in [2.45, 2.75) is 20.3 Å². The van der Waals surface area contributed by atoms with E-state index in [1.54, 1.807) is 32.0 Å². The molecule has 0 radical (unpaired) electrons. The molecule has 2 heterocycles. The number of Topliss-reactive ketones (excluding diaryl/α,β-unsaturated/α-hetero) is 2. The summed E-state index contributed by atoms with van der Waals surface area (Å²) in [7, 11) is 0. The van der Waals surface area contributed by atoms with Gasteiger partial charge < -0.3 is 8.83 Å². The van der Waals surface area contributed by atoms with E-state index in [9.17, 15) is 9.59 Å². The molecule has 2 aromatic rings. The SMILES string of the molecule is Cc1cc(C(=O)CC(=O)c2ccco2)c(C)o1. The molecule has 0 aromatic carbocycles. The summed E-state index contributed by atoms with van der Waals surface area (Å²) in [6, 6.07) is 4.81. The van der Waals surface area contributed by atoms with E-state index in [1.165, 1.54) is 6.26 Å². The third-order valence-corrected chi connectivity index (χ3v) is 2.46. The lowest BCUT2D eigenvalue weighted by atomic mass is 10.1. The smallest absolute Gasteiger partial charge is 0.205 e. The van der Waals surface area contributed by atoms with Gasteiger partial charge in [0.05, 0.1) is 18.2 Å². The van der Waals surface area contributed by atoms with Crippen LogP contribution in [0.15, 0.2) is 33.3 Å². The zero-order valence-electron chi connectivity index (χ0n) is 9.65. The molecule has 4 nitrogen and oxygen atoms in total. The van der Waals surface area contributed by atoms with Gasteiger partial charge in [-0.05, 0) is 32.0 Å². The number of hydrogen-bond donors (Lipinski definition) is 0. The Balaban J connectivity index is 2.12. The molecule has 0 spiro atoms. The van der Waals surface area contributed by atoms with Crippen LogP contribution >= 0.6 is 0 Å². The van der Waals surface area contributed by atoms with Gasteiger partial charge in [-0.2, -0.15) is 0 Å². The Bertz CT molecular complexity index is 546. The molecular formula is C13H12O4. The van der Waals surface area contributed by atoms with Crippen molar-refractivity contribution in [3.63, 3.8) is 0 Å². The van der Waals surface area contributed by atoms with Crippen LogP contribution in [0, 0.1) is 13.8 Å². The Kier molecular flexibility index (Phi) is 2.95. The fraction of sp³-hybridized carbons (Fsp3) is 0.231. The molecule has 0 unspecified atom stereocenters. The van der Waals surface area contributed by atoms with Gasteiger partial charge >= 0.3 is 0 Å². The van der Waals surface area contributed by atoms with Crippen molar-refractivity contribution in [3.8, 4) is 0 Å². The third-order valence-electron chi connectivity index (χ3n) is 2.46. The molecule has 0 bridgehead atoms. The molecule has 0 saturated carbocycles. The second-order valence-electron chi connectivity index (χ2n) is 3.83. The minimum atomic E-state index is -0.321. The first kappa shape index (κ1) is 11.4. The van der Waals surface area contributed by atoms with E-state index >= 15 is 0 Å². The molecule has 0 fully saturated rings. The van der Waals surface area contributed by atoms with Crippen molar-refractivity contribution < 1.29 is 18.4 Å². The molecule has 0 aliphatic carbocycles. The second kappa shape index (κ2) is 4.41. The van der Waals surface area contributed by atoms with Crippen LogP contribution in [-0.4, -0.2) is 11.6 Å².